The number of thioether (sulfide) groups is 1. The van der Waals surface area contributed by atoms with E-state index in [0.717, 1.165) is 17.3 Å². The van der Waals surface area contributed by atoms with Crippen molar-refractivity contribution in [2.45, 2.75) is 24.4 Å². The highest BCUT2D eigenvalue weighted by molar-refractivity contribution is 7.98. The summed E-state index contributed by atoms with van der Waals surface area (Å²) in [5.41, 5.74) is 0.884. The largest absolute Gasteiger partial charge is 0.338 e. The van der Waals surface area contributed by atoms with Crippen molar-refractivity contribution in [2.24, 2.45) is 0 Å². The molecule has 3 aromatic rings. The molecule has 0 atom stereocenters. The van der Waals surface area contributed by atoms with Crippen molar-refractivity contribution in [3.63, 3.8) is 0 Å². The number of nitrogens with zero attached hydrogens (tertiary/aromatic N) is 4. The van der Waals surface area contributed by atoms with E-state index in [9.17, 15) is 0 Å². The Labute approximate surface area is 131 Å². The SMILES string of the molecule is CCn1ccnc1SCc1nc(-c2ccc(Cl)cc2)no1. The molecule has 0 saturated heterocycles. The van der Waals surface area contributed by atoms with Gasteiger partial charge in [0.25, 0.3) is 0 Å². The molecule has 0 bridgehead atoms. The van der Waals surface area contributed by atoms with E-state index in [-0.39, 0.29) is 0 Å². The van der Waals surface area contributed by atoms with Gasteiger partial charge in [0.2, 0.25) is 11.7 Å². The third-order valence-corrected chi connectivity index (χ3v) is 4.15. The van der Waals surface area contributed by atoms with Gasteiger partial charge in [-0.05, 0) is 31.2 Å². The second-order valence-corrected chi connectivity index (χ2v) is 5.68. The summed E-state index contributed by atoms with van der Waals surface area (Å²) >= 11 is 7.44. The number of aryl methyl sites for hydroxylation is 1. The molecule has 1 aromatic carbocycles. The lowest BCUT2D eigenvalue weighted by atomic mass is 10.2. The molecular weight excluding hydrogens is 308 g/mol. The van der Waals surface area contributed by atoms with Crippen molar-refractivity contribution in [2.75, 3.05) is 0 Å². The summed E-state index contributed by atoms with van der Waals surface area (Å²) in [6, 6.07) is 7.35. The van der Waals surface area contributed by atoms with Gasteiger partial charge in [-0.3, -0.25) is 0 Å². The van der Waals surface area contributed by atoms with Gasteiger partial charge in [0.05, 0.1) is 5.75 Å². The van der Waals surface area contributed by atoms with Gasteiger partial charge in [0.1, 0.15) is 0 Å². The zero-order chi connectivity index (χ0) is 14.7. The molecule has 21 heavy (non-hydrogen) atoms. The predicted octanol–water partition coefficient (Wildman–Crippen LogP) is 3.90. The molecule has 0 amide bonds. The number of halogens is 1. The number of hydrogen-bond donors (Lipinski definition) is 0. The average molecular weight is 321 g/mol. The van der Waals surface area contributed by atoms with Crippen LogP contribution in [0.1, 0.15) is 12.8 Å². The van der Waals surface area contributed by atoms with Crippen molar-refractivity contribution in [1.29, 1.82) is 0 Å². The van der Waals surface area contributed by atoms with Gasteiger partial charge in [-0.2, -0.15) is 4.98 Å². The Hall–Kier alpha value is -1.79. The highest BCUT2D eigenvalue weighted by Gasteiger charge is 2.10. The predicted molar refractivity (Wildman–Crippen MR) is 82.2 cm³/mol. The summed E-state index contributed by atoms with van der Waals surface area (Å²) in [5, 5.41) is 5.62. The van der Waals surface area contributed by atoms with Gasteiger partial charge in [-0.15, -0.1) is 0 Å². The van der Waals surface area contributed by atoms with E-state index < -0.39 is 0 Å². The summed E-state index contributed by atoms with van der Waals surface area (Å²) in [6.45, 7) is 2.97. The number of benzene rings is 1. The molecule has 0 aliphatic heterocycles. The third-order valence-electron chi connectivity index (χ3n) is 2.91. The molecule has 2 heterocycles. The minimum atomic E-state index is 0.570. The van der Waals surface area contributed by atoms with E-state index in [4.69, 9.17) is 16.1 Å². The Bertz CT molecular complexity index is 723. The Morgan fingerprint density at radius 2 is 2.10 bits per heavy atom. The highest BCUT2D eigenvalue weighted by atomic mass is 35.5. The van der Waals surface area contributed by atoms with E-state index in [2.05, 4.69) is 26.6 Å². The summed E-state index contributed by atoms with van der Waals surface area (Å²) in [7, 11) is 0. The van der Waals surface area contributed by atoms with Crippen LogP contribution in [0.25, 0.3) is 11.4 Å². The van der Waals surface area contributed by atoms with Crippen LogP contribution in [0.2, 0.25) is 5.02 Å². The first-order valence-electron chi connectivity index (χ1n) is 6.48. The molecular formula is C14H13ClN4OS. The summed E-state index contributed by atoms with van der Waals surface area (Å²) in [5.74, 6) is 1.74. The standard InChI is InChI=1S/C14H13ClN4OS/c1-2-19-8-7-16-14(19)21-9-12-17-13(18-20-12)10-3-5-11(15)6-4-10/h3-8H,2,9H2,1H3. The molecule has 0 saturated carbocycles. The monoisotopic (exact) mass is 320 g/mol. The lowest BCUT2D eigenvalue weighted by Gasteiger charge is -2.01. The van der Waals surface area contributed by atoms with Crippen molar-refractivity contribution in [1.82, 2.24) is 19.7 Å². The maximum absolute atomic E-state index is 5.86. The molecule has 0 aliphatic carbocycles. The zero-order valence-corrected chi connectivity index (χ0v) is 12.9. The molecule has 0 fully saturated rings. The van der Waals surface area contributed by atoms with Gasteiger partial charge in [-0.1, -0.05) is 28.5 Å². The zero-order valence-electron chi connectivity index (χ0n) is 11.4. The number of hydrogen-bond acceptors (Lipinski definition) is 5. The van der Waals surface area contributed by atoms with E-state index in [1.165, 1.54) is 0 Å². The molecule has 0 N–H and O–H groups in total. The van der Waals surface area contributed by atoms with Gasteiger partial charge in [0.15, 0.2) is 5.16 Å². The van der Waals surface area contributed by atoms with Gasteiger partial charge >= 0.3 is 0 Å². The van der Waals surface area contributed by atoms with Crippen molar-refractivity contribution >= 4 is 23.4 Å². The fourth-order valence-corrected chi connectivity index (χ4v) is 2.82. The van der Waals surface area contributed by atoms with Crippen LogP contribution in [0.4, 0.5) is 0 Å². The Morgan fingerprint density at radius 3 is 2.86 bits per heavy atom. The normalized spacial score (nSPS) is 11.0. The Morgan fingerprint density at radius 1 is 1.29 bits per heavy atom. The minimum Gasteiger partial charge on any atom is -0.338 e. The second kappa shape index (κ2) is 6.32. The van der Waals surface area contributed by atoms with Crippen LogP contribution in [-0.4, -0.2) is 19.7 Å². The van der Waals surface area contributed by atoms with Crippen LogP contribution in [-0.2, 0) is 12.3 Å². The van der Waals surface area contributed by atoms with Crippen molar-refractivity contribution < 1.29 is 4.52 Å². The van der Waals surface area contributed by atoms with Gasteiger partial charge < -0.3 is 9.09 Å². The van der Waals surface area contributed by atoms with Gasteiger partial charge in [0, 0.05) is 29.5 Å². The Kier molecular flexibility index (Phi) is 4.26. The molecule has 3 rings (SSSR count). The summed E-state index contributed by atoms with van der Waals surface area (Å²) in [6.07, 6.45) is 3.74. The first-order chi connectivity index (χ1) is 10.3. The number of imidazole rings is 1. The third kappa shape index (κ3) is 3.28. The summed E-state index contributed by atoms with van der Waals surface area (Å²) in [4.78, 5) is 8.68. The maximum atomic E-state index is 5.86. The lowest BCUT2D eigenvalue weighted by molar-refractivity contribution is 0.391. The molecule has 0 spiro atoms. The van der Waals surface area contributed by atoms with E-state index in [0.29, 0.717) is 22.5 Å². The molecule has 0 radical (unpaired) electrons. The van der Waals surface area contributed by atoms with Crippen LogP contribution in [0.15, 0.2) is 46.3 Å². The van der Waals surface area contributed by atoms with Crippen LogP contribution in [0.5, 0.6) is 0 Å². The van der Waals surface area contributed by atoms with Crippen LogP contribution < -0.4 is 0 Å². The first-order valence-corrected chi connectivity index (χ1v) is 7.85. The smallest absolute Gasteiger partial charge is 0.237 e. The Balaban J connectivity index is 1.69. The average Bonchev–Trinajstić information content (AvgIpc) is 3.14. The number of rotatable bonds is 5. The fourth-order valence-electron chi connectivity index (χ4n) is 1.83. The van der Waals surface area contributed by atoms with Crippen LogP contribution in [0, 0.1) is 0 Å². The fraction of sp³-hybridized carbons (Fsp3) is 0.214. The second-order valence-electron chi connectivity index (χ2n) is 4.30. The van der Waals surface area contributed by atoms with Crippen molar-refractivity contribution in [3.8, 4) is 11.4 Å². The topological polar surface area (TPSA) is 56.7 Å². The van der Waals surface area contributed by atoms with E-state index in [1.54, 1.807) is 30.1 Å². The van der Waals surface area contributed by atoms with Gasteiger partial charge in [-0.25, -0.2) is 4.98 Å². The molecule has 0 unspecified atom stereocenters. The quantitative estimate of drug-likeness (QED) is 0.667. The molecule has 5 nitrogen and oxygen atoms in total. The van der Waals surface area contributed by atoms with Crippen LogP contribution >= 0.6 is 23.4 Å². The summed E-state index contributed by atoms with van der Waals surface area (Å²) < 4.78 is 7.34. The maximum Gasteiger partial charge on any atom is 0.237 e. The molecule has 108 valence electrons. The molecule has 7 heteroatoms. The minimum absolute atomic E-state index is 0.570. The lowest BCUT2D eigenvalue weighted by Crippen LogP contribution is -1.94. The first kappa shape index (κ1) is 14.2. The molecule has 0 aliphatic rings. The van der Waals surface area contributed by atoms with Crippen molar-refractivity contribution in [3.05, 3.63) is 47.6 Å². The number of aromatic nitrogens is 4. The van der Waals surface area contributed by atoms with E-state index >= 15 is 0 Å². The highest BCUT2D eigenvalue weighted by Crippen LogP contribution is 2.23. The van der Waals surface area contributed by atoms with E-state index in [1.807, 2.05) is 18.3 Å². The molecule has 2 aromatic heterocycles. The van der Waals surface area contributed by atoms with Crippen LogP contribution in [0.3, 0.4) is 0 Å².